The van der Waals surface area contributed by atoms with Crippen LogP contribution in [0.1, 0.15) is 32.6 Å². The van der Waals surface area contributed by atoms with Crippen molar-refractivity contribution in [2.24, 2.45) is 4.99 Å². The molecule has 0 bridgehead atoms. The number of rotatable bonds is 2. The summed E-state index contributed by atoms with van der Waals surface area (Å²) in [4.78, 5) is 4.83. The molecule has 1 saturated carbocycles. The molecule has 1 aliphatic heterocycles. The molecule has 1 fully saturated rings. The first-order valence-corrected chi connectivity index (χ1v) is 7.81. The van der Waals surface area contributed by atoms with Crippen molar-refractivity contribution >= 4 is 46.5 Å². The van der Waals surface area contributed by atoms with Gasteiger partial charge in [-0.25, -0.2) is 4.99 Å². The van der Waals surface area contributed by atoms with E-state index in [1.807, 2.05) is 6.07 Å². The van der Waals surface area contributed by atoms with Gasteiger partial charge in [-0.1, -0.05) is 18.5 Å². The van der Waals surface area contributed by atoms with Gasteiger partial charge in [0.15, 0.2) is 0 Å². The molecule has 0 amide bonds. The first-order chi connectivity index (χ1) is 8.21. The van der Waals surface area contributed by atoms with Crippen LogP contribution in [0.25, 0.3) is 0 Å². The summed E-state index contributed by atoms with van der Waals surface area (Å²) in [6.07, 6.45) is 4.83. The van der Waals surface area contributed by atoms with Crippen molar-refractivity contribution in [2.45, 2.75) is 42.4 Å². The number of hydrogen-bond donors (Lipinski definition) is 2. The smallest absolute Gasteiger partial charge is 0.206 e. The second-order valence-corrected chi connectivity index (χ2v) is 7.23. The van der Waals surface area contributed by atoms with Crippen LogP contribution in [0, 0.1) is 0 Å². The van der Waals surface area contributed by atoms with Crippen molar-refractivity contribution in [1.29, 1.82) is 0 Å². The van der Waals surface area contributed by atoms with Gasteiger partial charge in [0.25, 0.3) is 0 Å². The van der Waals surface area contributed by atoms with Crippen molar-refractivity contribution in [3.63, 3.8) is 0 Å². The van der Waals surface area contributed by atoms with E-state index < -0.39 is 0 Å². The molecule has 92 valence electrons. The van der Waals surface area contributed by atoms with Gasteiger partial charge in [0.1, 0.15) is 4.21 Å². The van der Waals surface area contributed by atoms with Gasteiger partial charge in [-0.05, 0) is 31.7 Å². The maximum Gasteiger partial charge on any atom is 0.206 e. The molecule has 0 unspecified atom stereocenters. The van der Waals surface area contributed by atoms with Crippen LogP contribution in [0.4, 0.5) is 5.69 Å². The zero-order valence-corrected chi connectivity index (χ0v) is 11.9. The van der Waals surface area contributed by atoms with Gasteiger partial charge in [0, 0.05) is 11.9 Å². The van der Waals surface area contributed by atoms with Gasteiger partial charge in [-0.15, -0.1) is 11.3 Å². The minimum absolute atomic E-state index is 0.174. The standard InChI is InChI=1S/C11H14ClN3S2/c1-2-11(4-3-5-11)14-10-13-7-6-8(12)16-9(7)17-15-10/h6H,2-5H2,1H3,(H2,13,14,15). The highest BCUT2D eigenvalue weighted by Gasteiger charge is 2.35. The lowest BCUT2D eigenvalue weighted by atomic mass is 9.75. The van der Waals surface area contributed by atoms with E-state index in [1.54, 1.807) is 23.3 Å². The molecule has 2 heterocycles. The van der Waals surface area contributed by atoms with Crippen molar-refractivity contribution in [3.05, 3.63) is 10.4 Å². The molecule has 0 atom stereocenters. The van der Waals surface area contributed by atoms with Crippen LogP contribution in [-0.2, 0) is 0 Å². The Bertz CT molecular complexity index is 460. The monoisotopic (exact) mass is 287 g/mol. The third kappa shape index (κ3) is 2.16. The molecule has 2 aliphatic rings. The molecule has 1 aliphatic carbocycles. The average molecular weight is 288 g/mol. The molecule has 0 saturated heterocycles. The van der Waals surface area contributed by atoms with E-state index in [0.717, 1.165) is 22.4 Å². The average Bonchev–Trinajstić information content (AvgIpc) is 2.63. The van der Waals surface area contributed by atoms with Crippen molar-refractivity contribution in [2.75, 3.05) is 5.32 Å². The van der Waals surface area contributed by atoms with Gasteiger partial charge < -0.3 is 5.32 Å². The number of anilines is 1. The lowest BCUT2D eigenvalue weighted by Crippen LogP contribution is -2.39. The number of hydrogen-bond acceptors (Lipinski definition) is 3. The summed E-state index contributed by atoms with van der Waals surface area (Å²) >= 11 is 9.17. The lowest BCUT2D eigenvalue weighted by Gasteiger charge is -2.38. The number of thiophene rings is 1. The molecular weight excluding hydrogens is 274 g/mol. The lowest BCUT2D eigenvalue weighted by molar-refractivity contribution is 0.243. The fraction of sp³-hybridized carbons (Fsp3) is 0.545. The number of halogens is 1. The molecular formula is C11H14ClN3S2. The Kier molecular flexibility index (Phi) is 3.00. The van der Waals surface area contributed by atoms with Crippen LogP contribution < -0.4 is 10.0 Å². The van der Waals surface area contributed by atoms with Crippen molar-refractivity contribution in [1.82, 2.24) is 4.72 Å². The number of fused-ring (bicyclic) bond motifs is 1. The van der Waals surface area contributed by atoms with E-state index in [9.17, 15) is 0 Å². The summed E-state index contributed by atoms with van der Waals surface area (Å²) in [5, 5.41) is 3.32. The Labute approximate surface area is 114 Å². The first-order valence-electron chi connectivity index (χ1n) is 5.80. The quantitative estimate of drug-likeness (QED) is 0.804. The summed E-state index contributed by atoms with van der Waals surface area (Å²) in [6, 6.07) is 1.96. The summed E-state index contributed by atoms with van der Waals surface area (Å²) in [6.45, 7) is 2.21. The molecule has 0 spiro atoms. The van der Waals surface area contributed by atoms with E-state index in [4.69, 9.17) is 16.6 Å². The first kappa shape index (κ1) is 11.7. The van der Waals surface area contributed by atoms with Crippen molar-refractivity contribution in [3.8, 4) is 0 Å². The van der Waals surface area contributed by atoms with E-state index >= 15 is 0 Å². The summed E-state index contributed by atoms with van der Waals surface area (Å²) < 4.78 is 5.24. The highest BCUT2D eigenvalue weighted by Crippen LogP contribution is 2.42. The Hall–Kier alpha value is -0.390. The SMILES string of the molecule is CCC1(N=C2NSc3sc(Cl)cc3N2)CCC1. The predicted octanol–water partition coefficient (Wildman–Crippen LogP) is 4.11. The number of nitrogens with zero attached hydrogens (tertiary/aromatic N) is 1. The Morgan fingerprint density at radius 1 is 1.53 bits per heavy atom. The topological polar surface area (TPSA) is 36.4 Å². The predicted molar refractivity (Wildman–Crippen MR) is 76.3 cm³/mol. The van der Waals surface area contributed by atoms with E-state index in [-0.39, 0.29) is 5.54 Å². The Morgan fingerprint density at radius 3 is 3.00 bits per heavy atom. The van der Waals surface area contributed by atoms with Crippen molar-refractivity contribution < 1.29 is 0 Å². The largest absolute Gasteiger partial charge is 0.324 e. The third-order valence-corrected chi connectivity index (χ3v) is 5.71. The van der Waals surface area contributed by atoms with Gasteiger partial charge >= 0.3 is 0 Å². The molecule has 3 rings (SSSR count). The Morgan fingerprint density at radius 2 is 2.35 bits per heavy atom. The minimum Gasteiger partial charge on any atom is -0.324 e. The third-order valence-electron chi connectivity index (χ3n) is 3.45. The van der Waals surface area contributed by atoms with Crippen LogP contribution in [0.15, 0.2) is 15.3 Å². The maximum absolute atomic E-state index is 5.99. The van der Waals surface area contributed by atoms with E-state index in [1.165, 1.54) is 23.5 Å². The summed E-state index contributed by atoms with van der Waals surface area (Å²) in [5.41, 5.74) is 1.25. The molecule has 0 radical (unpaired) electrons. The van der Waals surface area contributed by atoms with Gasteiger partial charge in [-0.2, -0.15) is 0 Å². The Balaban J connectivity index is 1.81. The minimum atomic E-state index is 0.174. The fourth-order valence-corrected chi connectivity index (χ4v) is 4.29. The zero-order valence-electron chi connectivity index (χ0n) is 9.55. The highest BCUT2D eigenvalue weighted by molar-refractivity contribution is 8.00. The zero-order chi connectivity index (χ0) is 11.9. The summed E-state index contributed by atoms with van der Waals surface area (Å²) in [7, 11) is 0. The molecule has 1 aromatic rings. The second-order valence-electron chi connectivity index (χ2n) is 4.47. The highest BCUT2D eigenvalue weighted by atomic mass is 35.5. The molecule has 6 heteroatoms. The van der Waals surface area contributed by atoms with Crippen LogP contribution in [0.2, 0.25) is 4.34 Å². The van der Waals surface area contributed by atoms with Crippen LogP contribution in [0.3, 0.4) is 0 Å². The molecule has 17 heavy (non-hydrogen) atoms. The van der Waals surface area contributed by atoms with Crippen LogP contribution in [-0.4, -0.2) is 11.5 Å². The second kappa shape index (κ2) is 4.37. The van der Waals surface area contributed by atoms with Gasteiger partial charge in [0.2, 0.25) is 5.96 Å². The number of aliphatic imine (C=N–C) groups is 1. The fourth-order valence-electron chi connectivity index (χ4n) is 2.17. The maximum atomic E-state index is 5.99. The van der Waals surface area contributed by atoms with Gasteiger partial charge in [0.05, 0.1) is 15.6 Å². The molecule has 1 aromatic heterocycles. The molecule has 3 nitrogen and oxygen atoms in total. The van der Waals surface area contributed by atoms with E-state index in [0.29, 0.717) is 0 Å². The van der Waals surface area contributed by atoms with Gasteiger partial charge in [-0.3, -0.25) is 4.72 Å². The normalized spacial score (nSPS) is 23.5. The number of nitrogens with one attached hydrogen (secondary N) is 2. The molecule has 0 aromatic carbocycles. The number of guanidine groups is 1. The van der Waals surface area contributed by atoms with Crippen LogP contribution in [0.5, 0.6) is 0 Å². The van der Waals surface area contributed by atoms with E-state index in [2.05, 4.69) is 17.0 Å². The molecule has 2 N–H and O–H groups in total. The summed E-state index contributed by atoms with van der Waals surface area (Å²) in [5.74, 6) is 0.874. The van der Waals surface area contributed by atoms with Crippen LogP contribution >= 0.6 is 34.9 Å².